The maximum Gasteiger partial charge on any atom is 0.459 e. The Morgan fingerprint density at radius 2 is 2.03 bits per heavy atom. The molecule has 2 aromatic rings. The first kappa shape index (κ1) is 29.2. The number of nitrogens with two attached hydrogens (primary N) is 1. The van der Waals surface area contributed by atoms with Crippen LogP contribution >= 0.6 is 23.7 Å². The van der Waals surface area contributed by atoms with Gasteiger partial charge in [0.1, 0.15) is 29.8 Å². The molecular weight excluding hydrogens is 578 g/mol. The van der Waals surface area contributed by atoms with Gasteiger partial charge in [-0.25, -0.2) is 13.8 Å². The standard InChI is InChI=1S/C22H29BrFN4O8P/c1-12(2)34-19(30)13(3)27-37(32,36-14-8-6-5-7-9-14)33-11-16-17(29)22(4,24)20(35-16)28-10-15(23)18(25)26-21(28)31/h5-10,12-13,16-17,20,29H,11H2,1-4H3,(H,27,32)(H2,25,26,31)/t13-,16-,17-,20?,22-,37+/m1/s1. The van der Waals surface area contributed by atoms with Gasteiger partial charge in [0.05, 0.1) is 17.2 Å². The lowest BCUT2D eigenvalue weighted by Gasteiger charge is -2.25. The van der Waals surface area contributed by atoms with Gasteiger partial charge in [-0.05, 0) is 55.8 Å². The molecule has 0 spiro atoms. The number of anilines is 1. The van der Waals surface area contributed by atoms with Crippen molar-refractivity contribution in [3.63, 3.8) is 0 Å². The Kier molecular flexibility index (Phi) is 9.14. The molecule has 12 nitrogen and oxygen atoms in total. The van der Waals surface area contributed by atoms with Crippen molar-refractivity contribution in [3.05, 3.63) is 51.5 Å². The van der Waals surface area contributed by atoms with Crippen molar-refractivity contribution in [1.82, 2.24) is 14.6 Å². The van der Waals surface area contributed by atoms with E-state index in [-0.39, 0.29) is 16.0 Å². The molecule has 0 amide bonds. The number of hydrogen-bond acceptors (Lipinski definition) is 10. The van der Waals surface area contributed by atoms with Crippen LogP contribution in [0.4, 0.5) is 10.2 Å². The number of halogens is 2. The lowest BCUT2D eigenvalue weighted by atomic mass is 9.98. The minimum Gasteiger partial charge on any atom is -0.462 e. The molecule has 0 bridgehead atoms. The molecule has 1 fully saturated rings. The van der Waals surface area contributed by atoms with E-state index in [4.69, 9.17) is 24.3 Å². The highest BCUT2D eigenvalue weighted by Crippen LogP contribution is 2.47. The highest BCUT2D eigenvalue weighted by molar-refractivity contribution is 9.10. The molecule has 37 heavy (non-hydrogen) atoms. The van der Waals surface area contributed by atoms with Crippen LogP contribution in [0, 0.1) is 0 Å². The van der Waals surface area contributed by atoms with Gasteiger partial charge in [-0.15, -0.1) is 0 Å². The van der Waals surface area contributed by atoms with Crippen LogP contribution in [0.1, 0.15) is 33.9 Å². The molecule has 1 aromatic heterocycles. The Labute approximate surface area is 221 Å². The Morgan fingerprint density at radius 3 is 2.65 bits per heavy atom. The Hall–Kier alpha value is -2.35. The van der Waals surface area contributed by atoms with E-state index in [0.29, 0.717) is 0 Å². The second kappa shape index (κ2) is 11.6. The summed E-state index contributed by atoms with van der Waals surface area (Å²) in [4.78, 5) is 28.2. The third kappa shape index (κ3) is 6.95. The van der Waals surface area contributed by atoms with Crippen LogP contribution in [0.15, 0.2) is 45.8 Å². The number of aliphatic hydroxyl groups excluding tert-OH is 1. The third-order valence-electron chi connectivity index (χ3n) is 5.34. The first-order chi connectivity index (χ1) is 17.2. The van der Waals surface area contributed by atoms with E-state index >= 15 is 4.39 Å². The molecule has 204 valence electrons. The fourth-order valence-electron chi connectivity index (χ4n) is 3.48. The molecule has 1 aromatic carbocycles. The Bertz CT molecular complexity index is 1210. The molecule has 6 atom stereocenters. The minimum atomic E-state index is -4.30. The topological polar surface area (TPSA) is 164 Å². The Morgan fingerprint density at radius 1 is 1.38 bits per heavy atom. The number of carbonyl (C=O) groups excluding carboxylic acids is 1. The molecule has 0 aliphatic carbocycles. The highest BCUT2D eigenvalue weighted by Gasteiger charge is 2.56. The van der Waals surface area contributed by atoms with Gasteiger partial charge in [-0.1, -0.05) is 18.2 Å². The molecule has 1 aliphatic rings. The Balaban J connectivity index is 1.81. The summed E-state index contributed by atoms with van der Waals surface area (Å²) in [5.41, 5.74) is 2.22. The van der Waals surface area contributed by atoms with Gasteiger partial charge >= 0.3 is 19.4 Å². The summed E-state index contributed by atoms with van der Waals surface area (Å²) in [6.07, 6.45) is -4.00. The largest absolute Gasteiger partial charge is 0.462 e. The fourth-order valence-corrected chi connectivity index (χ4v) is 5.29. The van der Waals surface area contributed by atoms with Gasteiger partial charge in [0.2, 0.25) is 0 Å². The van der Waals surface area contributed by atoms with Crippen LogP contribution in [0.5, 0.6) is 5.75 Å². The lowest BCUT2D eigenvalue weighted by Crippen LogP contribution is -2.43. The smallest absolute Gasteiger partial charge is 0.459 e. The summed E-state index contributed by atoms with van der Waals surface area (Å²) in [5.74, 6) is -0.645. The van der Waals surface area contributed by atoms with E-state index in [9.17, 15) is 19.3 Å². The molecule has 0 saturated carbocycles. The normalized spacial score (nSPS) is 26.0. The van der Waals surface area contributed by atoms with E-state index in [1.807, 2.05) is 0 Å². The average molecular weight is 607 g/mol. The summed E-state index contributed by atoms with van der Waals surface area (Å²) in [5, 5.41) is 13.1. The van der Waals surface area contributed by atoms with Crippen LogP contribution in [0.25, 0.3) is 0 Å². The number of nitrogen functional groups attached to an aromatic ring is 1. The van der Waals surface area contributed by atoms with Crippen molar-refractivity contribution in [2.75, 3.05) is 12.3 Å². The summed E-state index contributed by atoms with van der Waals surface area (Å²) in [6, 6.07) is 6.91. The number of hydrogen-bond donors (Lipinski definition) is 3. The summed E-state index contributed by atoms with van der Waals surface area (Å²) >= 11 is 3.12. The predicted molar refractivity (Wildman–Crippen MR) is 134 cm³/mol. The molecular formula is C22H29BrFN4O8P. The van der Waals surface area contributed by atoms with Crippen molar-refractivity contribution in [3.8, 4) is 5.75 Å². The maximum absolute atomic E-state index is 15.6. The molecule has 15 heteroatoms. The lowest BCUT2D eigenvalue weighted by molar-refractivity contribution is -0.149. The fraction of sp³-hybridized carbons (Fsp3) is 0.500. The zero-order chi connectivity index (χ0) is 27.5. The minimum absolute atomic E-state index is 0.101. The monoisotopic (exact) mass is 606 g/mol. The van der Waals surface area contributed by atoms with Crippen LogP contribution < -0.4 is 21.0 Å². The van der Waals surface area contributed by atoms with Crippen molar-refractivity contribution in [2.24, 2.45) is 0 Å². The van der Waals surface area contributed by atoms with Crippen molar-refractivity contribution < 1.29 is 37.4 Å². The van der Waals surface area contributed by atoms with Gasteiger partial charge in [0, 0.05) is 6.20 Å². The third-order valence-corrected chi connectivity index (χ3v) is 7.59. The molecule has 4 N–H and O–H groups in total. The summed E-state index contributed by atoms with van der Waals surface area (Å²) in [7, 11) is -4.30. The summed E-state index contributed by atoms with van der Waals surface area (Å²) in [6.45, 7) is 5.14. The first-order valence-electron chi connectivity index (χ1n) is 11.3. The number of aliphatic hydroxyl groups is 1. The van der Waals surface area contributed by atoms with Gasteiger partial charge in [0.15, 0.2) is 11.9 Å². The number of benzene rings is 1. The van der Waals surface area contributed by atoms with E-state index in [1.54, 1.807) is 32.0 Å². The van der Waals surface area contributed by atoms with E-state index < -0.39 is 62.3 Å². The molecule has 1 unspecified atom stereocenters. The number of esters is 1. The molecule has 2 heterocycles. The molecule has 1 aliphatic heterocycles. The van der Waals surface area contributed by atoms with Crippen LogP contribution in [0.3, 0.4) is 0 Å². The number of ether oxygens (including phenoxy) is 2. The van der Waals surface area contributed by atoms with Gasteiger partial charge in [-0.3, -0.25) is 13.9 Å². The predicted octanol–water partition coefficient (Wildman–Crippen LogP) is 2.71. The number of rotatable bonds is 10. The molecule has 1 saturated heterocycles. The van der Waals surface area contributed by atoms with Gasteiger partial charge < -0.3 is 24.8 Å². The maximum atomic E-state index is 15.6. The van der Waals surface area contributed by atoms with Crippen molar-refractivity contribution in [2.45, 2.75) is 63.9 Å². The van der Waals surface area contributed by atoms with Gasteiger partial charge in [0.25, 0.3) is 0 Å². The van der Waals surface area contributed by atoms with Gasteiger partial charge in [-0.2, -0.15) is 10.1 Å². The highest BCUT2D eigenvalue weighted by atomic mass is 79.9. The second-order valence-electron chi connectivity index (χ2n) is 8.82. The zero-order valence-electron chi connectivity index (χ0n) is 20.5. The molecule has 3 rings (SSSR count). The van der Waals surface area contributed by atoms with Crippen LogP contribution in [0.2, 0.25) is 0 Å². The quantitative estimate of drug-likeness (QED) is 0.269. The van der Waals surface area contributed by atoms with Crippen molar-refractivity contribution >= 4 is 35.5 Å². The number of aromatic nitrogens is 2. The number of carbonyl (C=O) groups is 1. The SMILES string of the molecule is CC(C)OC(=O)[C@@H](C)N[P@](=O)(OC[C@H]1OC(n2cc(Br)c(N)nc2=O)[C@](C)(F)[C@@H]1O)Oc1ccccc1. The second-order valence-corrected chi connectivity index (χ2v) is 11.4. The van der Waals surface area contributed by atoms with Crippen molar-refractivity contribution in [1.29, 1.82) is 0 Å². The zero-order valence-corrected chi connectivity index (χ0v) is 23.0. The van der Waals surface area contributed by atoms with Crippen LogP contribution in [-0.4, -0.2) is 57.3 Å². The van der Waals surface area contributed by atoms with E-state index in [2.05, 4.69) is 26.0 Å². The van der Waals surface area contributed by atoms with E-state index in [0.717, 1.165) is 11.5 Å². The first-order valence-corrected chi connectivity index (χ1v) is 13.6. The number of para-hydroxylation sites is 1. The summed E-state index contributed by atoms with van der Waals surface area (Å²) < 4.78 is 52.0. The number of alkyl halides is 1. The average Bonchev–Trinajstić information content (AvgIpc) is 3.03. The number of nitrogens with zero attached hydrogens (tertiary/aromatic N) is 2. The van der Waals surface area contributed by atoms with E-state index in [1.165, 1.54) is 25.3 Å². The van der Waals surface area contributed by atoms with Crippen LogP contribution in [-0.2, 0) is 23.4 Å². The molecule has 0 radical (unpaired) electrons. The number of nitrogens with one attached hydrogen (secondary N) is 1.